The second-order valence-electron chi connectivity index (χ2n) is 4.26. The number of carbonyl (C=O) groups is 2. The molecule has 0 saturated heterocycles. The Kier molecular flexibility index (Phi) is 5.67. The molecule has 3 nitrogen and oxygen atoms in total. The van der Waals surface area contributed by atoms with Crippen molar-refractivity contribution < 1.29 is 14.3 Å². The molecule has 0 aromatic carbocycles. The van der Waals surface area contributed by atoms with Gasteiger partial charge in [0, 0.05) is 12.3 Å². The predicted octanol–water partition coefficient (Wildman–Crippen LogP) is 2.67. The molecular formula is C14H20O3. The van der Waals surface area contributed by atoms with Gasteiger partial charge in [0.25, 0.3) is 0 Å². The molecule has 0 aromatic rings. The fraction of sp³-hybridized carbons (Fsp3) is 0.571. The molecule has 1 rings (SSSR count). The van der Waals surface area contributed by atoms with Gasteiger partial charge in [-0.3, -0.25) is 9.59 Å². The molecular weight excluding hydrogens is 216 g/mol. The minimum absolute atomic E-state index is 0.0162. The first kappa shape index (κ1) is 13.7. The van der Waals surface area contributed by atoms with Crippen LogP contribution < -0.4 is 0 Å². The van der Waals surface area contributed by atoms with Gasteiger partial charge >= 0.3 is 5.97 Å². The molecule has 0 radical (unpaired) electrons. The van der Waals surface area contributed by atoms with Crippen LogP contribution in [-0.2, 0) is 14.3 Å². The summed E-state index contributed by atoms with van der Waals surface area (Å²) in [6.07, 6.45) is 10.5. The maximum absolute atomic E-state index is 11.7. The highest BCUT2D eigenvalue weighted by Crippen LogP contribution is 2.29. The van der Waals surface area contributed by atoms with Crippen LogP contribution in [0.4, 0.5) is 0 Å². The highest BCUT2D eigenvalue weighted by atomic mass is 16.5. The third kappa shape index (κ3) is 4.17. The molecule has 1 aliphatic carbocycles. The Bertz CT molecular complexity index is 328. The molecule has 0 fully saturated rings. The number of carbonyl (C=O) groups excluding carboxylic acids is 2. The van der Waals surface area contributed by atoms with E-state index in [0.717, 1.165) is 12.8 Å². The molecule has 0 aliphatic heterocycles. The maximum atomic E-state index is 11.7. The molecule has 0 amide bonds. The summed E-state index contributed by atoms with van der Waals surface area (Å²) in [7, 11) is 1.39. The van der Waals surface area contributed by atoms with E-state index in [0.29, 0.717) is 12.8 Å². The molecule has 94 valence electrons. The van der Waals surface area contributed by atoms with E-state index in [1.165, 1.54) is 7.11 Å². The number of ether oxygens (including phenoxy) is 1. The maximum Gasteiger partial charge on any atom is 0.305 e. The number of allylic oxidation sites excluding steroid dienone is 4. The Hall–Kier alpha value is -1.38. The smallest absolute Gasteiger partial charge is 0.305 e. The Morgan fingerprint density at radius 2 is 2.24 bits per heavy atom. The van der Waals surface area contributed by atoms with Crippen molar-refractivity contribution in [2.75, 3.05) is 7.11 Å². The minimum Gasteiger partial charge on any atom is -0.469 e. The van der Waals surface area contributed by atoms with Crippen molar-refractivity contribution >= 4 is 11.8 Å². The Morgan fingerprint density at radius 3 is 2.88 bits per heavy atom. The molecule has 0 N–H and O–H groups in total. The first-order chi connectivity index (χ1) is 8.19. The van der Waals surface area contributed by atoms with Crippen molar-refractivity contribution in [2.24, 2.45) is 11.8 Å². The lowest BCUT2D eigenvalue weighted by atomic mass is 9.88. The fourth-order valence-electron chi connectivity index (χ4n) is 2.07. The van der Waals surface area contributed by atoms with Gasteiger partial charge in [-0.05, 0) is 31.3 Å². The lowest BCUT2D eigenvalue weighted by molar-refractivity contribution is -0.141. The first-order valence-electron chi connectivity index (χ1n) is 6.12. The summed E-state index contributed by atoms with van der Waals surface area (Å²) in [4.78, 5) is 22.7. The summed E-state index contributed by atoms with van der Waals surface area (Å²) in [5.41, 5.74) is 0. The third-order valence-electron chi connectivity index (χ3n) is 3.09. The van der Waals surface area contributed by atoms with Crippen LogP contribution in [0.3, 0.4) is 0 Å². The standard InChI is InChI=1S/C14H20O3/c1-3-4-5-6-12-11(7-9-13(12)15)8-10-14(16)17-2/h4-5,7,9,11-12H,3,6,8,10H2,1-2H3. The highest BCUT2D eigenvalue weighted by molar-refractivity contribution is 5.94. The van der Waals surface area contributed by atoms with Crippen LogP contribution in [0.5, 0.6) is 0 Å². The molecule has 3 heteroatoms. The summed E-state index contributed by atoms with van der Waals surface area (Å²) in [6, 6.07) is 0. The van der Waals surface area contributed by atoms with Crippen molar-refractivity contribution in [3.05, 3.63) is 24.3 Å². The van der Waals surface area contributed by atoms with Gasteiger partial charge < -0.3 is 4.74 Å². The average Bonchev–Trinajstić information content (AvgIpc) is 2.68. The number of hydrogen-bond acceptors (Lipinski definition) is 3. The second kappa shape index (κ2) is 7.05. The zero-order chi connectivity index (χ0) is 12.7. The number of hydrogen-bond donors (Lipinski definition) is 0. The Labute approximate surface area is 103 Å². The summed E-state index contributed by atoms with van der Waals surface area (Å²) in [5.74, 6) is 0.173. The van der Waals surface area contributed by atoms with E-state index in [4.69, 9.17) is 0 Å². The van der Waals surface area contributed by atoms with Gasteiger partial charge in [0.05, 0.1) is 7.11 Å². The number of rotatable bonds is 6. The van der Waals surface area contributed by atoms with E-state index in [9.17, 15) is 9.59 Å². The molecule has 0 bridgehead atoms. The molecule has 2 atom stereocenters. The van der Waals surface area contributed by atoms with Crippen molar-refractivity contribution in [1.29, 1.82) is 0 Å². The van der Waals surface area contributed by atoms with E-state index in [2.05, 4.69) is 23.8 Å². The van der Waals surface area contributed by atoms with E-state index in [-0.39, 0.29) is 23.6 Å². The van der Waals surface area contributed by atoms with E-state index in [1.807, 2.05) is 6.08 Å². The van der Waals surface area contributed by atoms with Crippen molar-refractivity contribution in [3.8, 4) is 0 Å². The summed E-state index contributed by atoms with van der Waals surface area (Å²) in [6.45, 7) is 2.07. The highest BCUT2D eigenvalue weighted by Gasteiger charge is 2.29. The summed E-state index contributed by atoms with van der Waals surface area (Å²) in [5, 5.41) is 0. The van der Waals surface area contributed by atoms with Gasteiger partial charge in [-0.2, -0.15) is 0 Å². The van der Waals surface area contributed by atoms with Crippen LogP contribution in [0.25, 0.3) is 0 Å². The zero-order valence-corrected chi connectivity index (χ0v) is 10.5. The number of esters is 1. The zero-order valence-electron chi connectivity index (χ0n) is 10.5. The second-order valence-corrected chi connectivity index (χ2v) is 4.26. The summed E-state index contributed by atoms with van der Waals surface area (Å²) < 4.78 is 4.61. The largest absolute Gasteiger partial charge is 0.469 e. The van der Waals surface area contributed by atoms with Crippen molar-refractivity contribution in [3.63, 3.8) is 0 Å². The fourth-order valence-corrected chi connectivity index (χ4v) is 2.07. The average molecular weight is 236 g/mol. The Morgan fingerprint density at radius 1 is 1.47 bits per heavy atom. The van der Waals surface area contributed by atoms with E-state index >= 15 is 0 Å². The van der Waals surface area contributed by atoms with Gasteiger partial charge in [-0.25, -0.2) is 0 Å². The number of ketones is 1. The van der Waals surface area contributed by atoms with Crippen LogP contribution in [-0.4, -0.2) is 18.9 Å². The first-order valence-corrected chi connectivity index (χ1v) is 6.12. The third-order valence-corrected chi connectivity index (χ3v) is 3.09. The van der Waals surface area contributed by atoms with Gasteiger partial charge in [0.1, 0.15) is 0 Å². The quantitative estimate of drug-likeness (QED) is 0.526. The molecule has 0 aromatic heterocycles. The topological polar surface area (TPSA) is 43.4 Å². The van der Waals surface area contributed by atoms with Gasteiger partial charge in [-0.1, -0.05) is 25.2 Å². The molecule has 17 heavy (non-hydrogen) atoms. The van der Waals surface area contributed by atoms with Gasteiger partial charge in [-0.15, -0.1) is 0 Å². The normalized spacial score (nSPS) is 23.5. The van der Waals surface area contributed by atoms with Gasteiger partial charge in [0.15, 0.2) is 5.78 Å². The van der Waals surface area contributed by atoms with Crippen molar-refractivity contribution in [2.45, 2.75) is 32.6 Å². The lowest BCUT2D eigenvalue weighted by Gasteiger charge is -2.15. The monoisotopic (exact) mass is 236 g/mol. The lowest BCUT2D eigenvalue weighted by Crippen LogP contribution is -2.16. The number of methoxy groups -OCH3 is 1. The van der Waals surface area contributed by atoms with Crippen LogP contribution >= 0.6 is 0 Å². The summed E-state index contributed by atoms with van der Waals surface area (Å²) >= 11 is 0. The van der Waals surface area contributed by atoms with Crippen LogP contribution in [0, 0.1) is 11.8 Å². The van der Waals surface area contributed by atoms with E-state index < -0.39 is 0 Å². The predicted molar refractivity (Wildman–Crippen MR) is 66.4 cm³/mol. The van der Waals surface area contributed by atoms with Crippen LogP contribution in [0.1, 0.15) is 32.6 Å². The Balaban J connectivity index is 2.46. The molecule has 2 unspecified atom stereocenters. The van der Waals surface area contributed by atoms with Crippen molar-refractivity contribution in [1.82, 2.24) is 0 Å². The SMILES string of the molecule is CCC=CCC1C(=O)C=CC1CCC(=O)OC. The molecule has 0 heterocycles. The molecule has 0 spiro atoms. The minimum atomic E-state index is -0.208. The van der Waals surface area contributed by atoms with Crippen LogP contribution in [0.15, 0.2) is 24.3 Å². The van der Waals surface area contributed by atoms with Crippen LogP contribution in [0.2, 0.25) is 0 Å². The molecule has 0 saturated carbocycles. The van der Waals surface area contributed by atoms with Gasteiger partial charge in [0.2, 0.25) is 0 Å². The molecule has 1 aliphatic rings. The van der Waals surface area contributed by atoms with E-state index in [1.54, 1.807) is 6.08 Å².